The van der Waals surface area contributed by atoms with Gasteiger partial charge < -0.3 is 25.5 Å². The second-order valence-corrected chi connectivity index (χ2v) is 7.92. The van der Waals surface area contributed by atoms with Crippen LogP contribution in [-0.2, 0) is 4.74 Å². The van der Waals surface area contributed by atoms with Crippen molar-refractivity contribution in [2.45, 2.75) is 56.7 Å². The van der Waals surface area contributed by atoms with Crippen LogP contribution in [0, 0.1) is 0 Å². The number of nitrogens with zero attached hydrogens (tertiary/aromatic N) is 4. The fraction of sp³-hybridized carbons (Fsp3) is 0.550. The first-order valence-electron chi connectivity index (χ1n) is 10.4. The van der Waals surface area contributed by atoms with E-state index in [1.807, 2.05) is 29.3 Å². The molecule has 0 bridgehead atoms. The molecule has 4 N–H and O–H groups in total. The van der Waals surface area contributed by atoms with Crippen LogP contribution in [-0.4, -0.2) is 50.1 Å². The van der Waals surface area contributed by atoms with Gasteiger partial charge in [0.15, 0.2) is 0 Å². The second-order valence-electron chi connectivity index (χ2n) is 7.92. The Morgan fingerprint density at radius 2 is 1.97 bits per heavy atom. The Morgan fingerprint density at radius 3 is 2.79 bits per heavy atom. The average molecular weight is 397 g/mol. The van der Waals surface area contributed by atoms with Crippen LogP contribution in [0.15, 0.2) is 24.7 Å². The third kappa shape index (κ3) is 4.06. The first-order valence-corrected chi connectivity index (χ1v) is 10.4. The van der Waals surface area contributed by atoms with Gasteiger partial charge in [-0.15, -0.1) is 0 Å². The number of ether oxygens (including phenoxy) is 2. The number of nitrogens with two attached hydrogens (primary N) is 1. The summed E-state index contributed by atoms with van der Waals surface area (Å²) in [7, 11) is 0. The lowest BCUT2D eigenvalue weighted by Gasteiger charge is -2.26. The molecule has 3 aromatic heterocycles. The normalized spacial score (nSPS) is 23.3. The number of aromatic nitrogens is 5. The van der Waals surface area contributed by atoms with E-state index in [0.29, 0.717) is 17.9 Å². The van der Waals surface area contributed by atoms with E-state index < -0.39 is 0 Å². The molecule has 9 nitrogen and oxygen atoms in total. The Bertz CT molecular complexity index is 955. The van der Waals surface area contributed by atoms with Gasteiger partial charge >= 0.3 is 0 Å². The van der Waals surface area contributed by atoms with Crippen LogP contribution in [0.4, 0.5) is 11.6 Å². The summed E-state index contributed by atoms with van der Waals surface area (Å²) in [5.41, 5.74) is 8.52. The quantitative estimate of drug-likeness (QED) is 0.606. The summed E-state index contributed by atoms with van der Waals surface area (Å²) in [6.07, 6.45) is 11.7. The van der Waals surface area contributed by atoms with Crippen LogP contribution < -0.4 is 15.8 Å². The zero-order valence-corrected chi connectivity index (χ0v) is 16.4. The van der Waals surface area contributed by atoms with Gasteiger partial charge in [0.05, 0.1) is 23.4 Å². The SMILES string of the molecule is NC1CCC(Oc2nc(Nc3cnn(C4CCOCC4)c3)nc3cc[nH]c23)CC1. The summed E-state index contributed by atoms with van der Waals surface area (Å²) in [6.45, 7) is 1.57. The van der Waals surface area contributed by atoms with Crippen LogP contribution in [0.5, 0.6) is 5.88 Å². The molecule has 0 atom stereocenters. The molecule has 9 heteroatoms. The van der Waals surface area contributed by atoms with Crippen LogP contribution in [0.25, 0.3) is 11.0 Å². The molecule has 2 fully saturated rings. The first kappa shape index (κ1) is 18.4. The summed E-state index contributed by atoms with van der Waals surface area (Å²) >= 11 is 0. The lowest BCUT2D eigenvalue weighted by molar-refractivity contribution is 0.0662. The molecule has 4 heterocycles. The number of nitrogens with one attached hydrogen (secondary N) is 2. The minimum absolute atomic E-state index is 0.139. The van der Waals surface area contributed by atoms with Gasteiger partial charge in [-0.2, -0.15) is 10.1 Å². The fourth-order valence-corrected chi connectivity index (χ4v) is 4.10. The molecular weight excluding hydrogens is 370 g/mol. The van der Waals surface area contributed by atoms with Crippen LogP contribution in [0.2, 0.25) is 0 Å². The van der Waals surface area contributed by atoms with E-state index in [4.69, 9.17) is 15.2 Å². The van der Waals surface area contributed by atoms with E-state index >= 15 is 0 Å². The number of hydrogen-bond donors (Lipinski definition) is 3. The minimum atomic E-state index is 0.139. The van der Waals surface area contributed by atoms with Gasteiger partial charge in [0, 0.05) is 31.6 Å². The maximum Gasteiger partial charge on any atom is 0.243 e. The number of anilines is 2. The summed E-state index contributed by atoms with van der Waals surface area (Å²) in [5, 5.41) is 7.78. The fourth-order valence-electron chi connectivity index (χ4n) is 4.10. The van der Waals surface area contributed by atoms with Crippen LogP contribution in [0.1, 0.15) is 44.6 Å². The van der Waals surface area contributed by atoms with Gasteiger partial charge in [0.1, 0.15) is 11.6 Å². The molecule has 0 amide bonds. The smallest absolute Gasteiger partial charge is 0.243 e. The van der Waals surface area contributed by atoms with E-state index in [1.165, 1.54) is 0 Å². The standard InChI is InChI=1S/C20H27N7O2/c21-13-1-3-16(4-2-13)29-19-18-17(5-8-22-18)25-20(26-19)24-14-11-23-27(12-14)15-6-9-28-10-7-15/h5,8,11-13,15-16,22H,1-4,6-7,9-10,21H2,(H,24,25,26). The molecule has 1 saturated carbocycles. The van der Waals surface area contributed by atoms with E-state index in [-0.39, 0.29) is 12.1 Å². The van der Waals surface area contributed by atoms with Gasteiger partial charge in [-0.25, -0.2) is 4.98 Å². The van der Waals surface area contributed by atoms with Crippen molar-refractivity contribution in [1.82, 2.24) is 24.7 Å². The molecular formula is C20H27N7O2. The Hall–Kier alpha value is -2.65. The predicted octanol–water partition coefficient (Wildman–Crippen LogP) is 2.90. The molecule has 2 aliphatic rings. The first-order chi connectivity index (χ1) is 14.2. The van der Waals surface area contributed by atoms with Crippen molar-refractivity contribution in [2.75, 3.05) is 18.5 Å². The minimum Gasteiger partial charge on any atom is -0.473 e. The lowest BCUT2D eigenvalue weighted by atomic mass is 9.94. The molecule has 5 rings (SSSR count). The number of aromatic amines is 1. The van der Waals surface area contributed by atoms with Crippen molar-refractivity contribution in [2.24, 2.45) is 5.73 Å². The third-order valence-corrected chi connectivity index (χ3v) is 5.79. The molecule has 0 unspecified atom stereocenters. The second kappa shape index (κ2) is 8.00. The highest BCUT2D eigenvalue weighted by atomic mass is 16.5. The zero-order chi connectivity index (χ0) is 19.6. The van der Waals surface area contributed by atoms with E-state index in [9.17, 15) is 0 Å². The molecule has 0 radical (unpaired) electrons. The molecule has 1 aliphatic carbocycles. The predicted molar refractivity (Wildman–Crippen MR) is 109 cm³/mol. The summed E-state index contributed by atoms with van der Waals surface area (Å²) in [4.78, 5) is 12.4. The molecule has 154 valence electrons. The van der Waals surface area contributed by atoms with Crippen molar-refractivity contribution in [3.05, 3.63) is 24.7 Å². The number of hydrogen-bond acceptors (Lipinski definition) is 7. The Morgan fingerprint density at radius 1 is 1.14 bits per heavy atom. The van der Waals surface area contributed by atoms with Crippen LogP contribution >= 0.6 is 0 Å². The van der Waals surface area contributed by atoms with Gasteiger partial charge in [-0.3, -0.25) is 4.68 Å². The number of H-pyrrole nitrogens is 1. The van der Waals surface area contributed by atoms with Crippen molar-refractivity contribution in [3.63, 3.8) is 0 Å². The highest BCUT2D eigenvalue weighted by Crippen LogP contribution is 2.29. The number of fused-ring (bicyclic) bond motifs is 1. The Labute approximate surface area is 169 Å². The Balaban J connectivity index is 1.34. The zero-order valence-electron chi connectivity index (χ0n) is 16.4. The van der Waals surface area contributed by atoms with Gasteiger partial charge in [0.2, 0.25) is 11.8 Å². The summed E-state index contributed by atoms with van der Waals surface area (Å²) in [6, 6.07) is 2.59. The van der Waals surface area contributed by atoms with E-state index in [2.05, 4.69) is 25.4 Å². The highest BCUT2D eigenvalue weighted by Gasteiger charge is 2.22. The van der Waals surface area contributed by atoms with Gasteiger partial charge in [-0.05, 0) is 44.6 Å². The molecule has 3 aromatic rings. The Kier molecular flexibility index (Phi) is 5.07. The monoisotopic (exact) mass is 397 g/mol. The van der Waals surface area contributed by atoms with Crippen molar-refractivity contribution < 1.29 is 9.47 Å². The molecule has 1 saturated heterocycles. The third-order valence-electron chi connectivity index (χ3n) is 5.79. The maximum atomic E-state index is 6.24. The lowest BCUT2D eigenvalue weighted by Crippen LogP contribution is -2.31. The molecule has 0 aromatic carbocycles. The van der Waals surface area contributed by atoms with Gasteiger partial charge in [0.25, 0.3) is 0 Å². The number of rotatable bonds is 5. The maximum absolute atomic E-state index is 6.24. The van der Waals surface area contributed by atoms with Crippen molar-refractivity contribution in [1.29, 1.82) is 0 Å². The van der Waals surface area contributed by atoms with E-state index in [1.54, 1.807) is 0 Å². The summed E-state index contributed by atoms with van der Waals surface area (Å²) < 4.78 is 13.7. The van der Waals surface area contributed by atoms with Crippen molar-refractivity contribution in [3.8, 4) is 5.88 Å². The average Bonchev–Trinajstić information content (AvgIpc) is 3.40. The van der Waals surface area contributed by atoms with Crippen LogP contribution in [0.3, 0.4) is 0 Å². The molecule has 29 heavy (non-hydrogen) atoms. The summed E-state index contributed by atoms with van der Waals surface area (Å²) in [5.74, 6) is 1.09. The van der Waals surface area contributed by atoms with E-state index in [0.717, 1.165) is 68.5 Å². The highest BCUT2D eigenvalue weighted by molar-refractivity contribution is 5.81. The van der Waals surface area contributed by atoms with Gasteiger partial charge in [-0.1, -0.05) is 0 Å². The molecule has 0 spiro atoms. The topological polar surface area (TPSA) is 116 Å². The van der Waals surface area contributed by atoms with Crippen molar-refractivity contribution >= 4 is 22.7 Å². The molecule has 1 aliphatic heterocycles. The largest absolute Gasteiger partial charge is 0.473 e.